The van der Waals surface area contributed by atoms with Gasteiger partial charge in [0.05, 0.1) is 17.7 Å². The van der Waals surface area contributed by atoms with Crippen LogP contribution in [-0.4, -0.2) is 48.3 Å². The number of nitrogens with one attached hydrogen (secondary N) is 1. The van der Waals surface area contributed by atoms with Crippen molar-refractivity contribution in [2.45, 2.75) is 19.8 Å². The molecule has 0 aliphatic carbocycles. The molecule has 2 heterocycles. The second-order valence-corrected chi connectivity index (χ2v) is 7.12. The fraction of sp³-hybridized carbons (Fsp3) is 0.333. The summed E-state index contributed by atoms with van der Waals surface area (Å²) in [5, 5.41) is 2.68. The van der Waals surface area contributed by atoms with Gasteiger partial charge < -0.3 is 25.1 Å². The van der Waals surface area contributed by atoms with Gasteiger partial charge in [0.2, 0.25) is 5.91 Å². The maximum Gasteiger partial charge on any atom is 0.338 e. The Kier molecular flexibility index (Phi) is 6.51. The third-order valence-corrected chi connectivity index (χ3v) is 4.97. The van der Waals surface area contributed by atoms with Crippen molar-refractivity contribution in [2.24, 2.45) is 11.7 Å². The molecule has 1 atom stereocenters. The molecular weight excluding hydrogens is 390 g/mol. The van der Waals surface area contributed by atoms with Crippen LogP contribution in [0.15, 0.2) is 41.0 Å². The smallest absolute Gasteiger partial charge is 0.338 e. The average molecular weight is 413 g/mol. The summed E-state index contributed by atoms with van der Waals surface area (Å²) in [5.41, 5.74) is 6.68. The first kappa shape index (κ1) is 21.1. The van der Waals surface area contributed by atoms with E-state index in [1.165, 1.54) is 23.3 Å². The van der Waals surface area contributed by atoms with Crippen LogP contribution in [0.25, 0.3) is 0 Å². The monoisotopic (exact) mass is 413 g/mol. The molecule has 1 aromatic heterocycles. The van der Waals surface area contributed by atoms with E-state index in [2.05, 4.69) is 5.32 Å². The van der Waals surface area contributed by atoms with Crippen LogP contribution in [0.5, 0.6) is 0 Å². The van der Waals surface area contributed by atoms with E-state index in [-0.39, 0.29) is 29.7 Å². The average Bonchev–Trinajstić information content (AvgIpc) is 3.28. The number of carbonyl (C=O) groups excluding carboxylic acids is 4. The van der Waals surface area contributed by atoms with Crippen molar-refractivity contribution in [3.05, 3.63) is 53.5 Å². The van der Waals surface area contributed by atoms with E-state index in [0.29, 0.717) is 25.1 Å². The van der Waals surface area contributed by atoms with Gasteiger partial charge in [-0.05, 0) is 49.6 Å². The second-order valence-electron chi connectivity index (χ2n) is 7.12. The molecule has 1 saturated heterocycles. The largest absolute Gasteiger partial charge is 0.459 e. The topological polar surface area (TPSA) is 132 Å². The highest BCUT2D eigenvalue weighted by atomic mass is 16.5. The standard InChI is InChI=1S/C21H23N3O6/c1-13-6-7-14(10-16(13)23-20(27)17-5-3-9-29-17)21(28)30-12-18(25)24-8-2-4-15(11-24)19(22)26/h3,5-7,9-10,15H,2,4,8,11-12H2,1H3,(H2,22,26)(H,23,27)/t15-/m1/s1. The number of amides is 3. The Morgan fingerprint density at radius 2 is 2.07 bits per heavy atom. The van der Waals surface area contributed by atoms with Crippen LogP contribution in [-0.2, 0) is 14.3 Å². The molecule has 3 rings (SSSR count). The first-order valence-corrected chi connectivity index (χ1v) is 9.55. The SMILES string of the molecule is Cc1ccc(C(=O)OCC(=O)N2CCC[C@@H](C(N)=O)C2)cc1NC(=O)c1ccco1. The molecule has 1 aliphatic heterocycles. The Morgan fingerprint density at radius 1 is 1.27 bits per heavy atom. The minimum atomic E-state index is -0.694. The van der Waals surface area contributed by atoms with Crippen LogP contribution in [0, 0.1) is 12.8 Å². The van der Waals surface area contributed by atoms with E-state index in [9.17, 15) is 19.2 Å². The highest BCUT2D eigenvalue weighted by molar-refractivity contribution is 6.03. The molecule has 9 heteroatoms. The van der Waals surface area contributed by atoms with E-state index < -0.39 is 24.4 Å². The summed E-state index contributed by atoms with van der Waals surface area (Å²) in [6.45, 7) is 2.07. The number of anilines is 1. The highest BCUT2D eigenvalue weighted by Gasteiger charge is 2.27. The van der Waals surface area contributed by atoms with Crippen molar-refractivity contribution in [1.82, 2.24) is 4.90 Å². The Morgan fingerprint density at radius 3 is 2.77 bits per heavy atom. The lowest BCUT2D eigenvalue weighted by Gasteiger charge is -2.31. The number of ether oxygens (including phenoxy) is 1. The quantitative estimate of drug-likeness (QED) is 0.693. The number of rotatable bonds is 6. The summed E-state index contributed by atoms with van der Waals surface area (Å²) in [6.07, 6.45) is 2.71. The zero-order valence-corrected chi connectivity index (χ0v) is 16.6. The molecule has 2 aromatic rings. The number of piperidine rings is 1. The maximum absolute atomic E-state index is 12.4. The predicted octanol–water partition coefficient (Wildman–Crippen LogP) is 1.72. The van der Waals surface area contributed by atoms with Gasteiger partial charge in [-0.3, -0.25) is 14.4 Å². The Balaban J connectivity index is 1.59. The number of furan rings is 1. The molecule has 0 bridgehead atoms. The van der Waals surface area contributed by atoms with E-state index in [0.717, 1.165) is 5.56 Å². The number of likely N-dealkylation sites (tertiary alicyclic amines) is 1. The molecule has 0 spiro atoms. The van der Waals surface area contributed by atoms with E-state index in [1.54, 1.807) is 25.1 Å². The molecular formula is C21H23N3O6. The molecule has 3 N–H and O–H groups in total. The number of hydrogen-bond donors (Lipinski definition) is 2. The van der Waals surface area contributed by atoms with Crippen molar-refractivity contribution in [3.8, 4) is 0 Å². The Hall–Kier alpha value is -3.62. The minimum absolute atomic E-state index is 0.142. The fourth-order valence-electron chi connectivity index (χ4n) is 3.21. The Bertz CT molecular complexity index is 954. The van der Waals surface area contributed by atoms with E-state index >= 15 is 0 Å². The van der Waals surface area contributed by atoms with Gasteiger partial charge in [0.1, 0.15) is 0 Å². The van der Waals surface area contributed by atoms with Gasteiger partial charge in [-0.2, -0.15) is 0 Å². The number of hydrogen-bond acceptors (Lipinski definition) is 6. The summed E-state index contributed by atoms with van der Waals surface area (Å²) in [7, 11) is 0. The lowest BCUT2D eigenvalue weighted by atomic mass is 9.97. The van der Waals surface area contributed by atoms with Crippen LogP contribution in [0.1, 0.15) is 39.3 Å². The van der Waals surface area contributed by atoms with Crippen LogP contribution in [0.3, 0.4) is 0 Å². The number of aryl methyl sites for hydroxylation is 1. The normalized spacial score (nSPS) is 16.0. The van der Waals surface area contributed by atoms with Crippen LogP contribution in [0.4, 0.5) is 5.69 Å². The summed E-state index contributed by atoms with van der Waals surface area (Å²) in [6, 6.07) is 7.82. The summed E-state index contributed by atoms with van der Waals surface area (Å²) in [5.74, 6) is -2.20. The molecule has 0 unspecified atom stereocenters. The lowest BCUT2D eigenvalue weighted by molar-refractivity contribution is -0.137. The van der Waals surface area contributed by atoms with Crippen LogP contribution >= 0.6 is 0 Å². The molecule has 1 aliphatic rings. The molecule has 0 saturated carbocycles. The van der Waals surface area contributed by atoms with Crippen molar-refractivity contribution in [2.75, 3.05) is 25.0 Å². The molecule has 3 amide bonds. The van der Waals surface area contributed by atoms with Crippen molar-refractivity contribution < 1.29 is 28.3 Å². The molecule has 1 aromatic carbocycles. The van der Waals surface area contributed by atoms with E-state index in [1.807, 2.05) is 0 Å². The van der Waals surface area contributed by atoms with Gasteiger partial charge in [-0.25, -0.2) is 4.79 Å². The minimum Gasteiger partial charge on any atom is -0.459 e. The number of nitrogens with zero attached hydrogens (tertiary/aromatic N) is 1. The number of carbonyl (C=O) groups is 4. The van der Waals surface area contributed by atoms with E-state index in [4.69, 9.17) is 14.9 Å². The summed E-state index contributed by atoms with van der Waals surface area (Å²) in [4.78, 5) is 49.7. The van der Waals surface area contributed by atoms with Gasteiger partial charge in [0.15, 0.2) is 12.4 Å². The fourth-order valence-corrected chi connectivity index (χ4v) is 3.21. The molecule has 158 valence electrons. The van der Waals surface area contributed by atoms with Crippen LogP contribution in [0.2, 0.25) is 0 Å². The van der Waals surface area contributed by atoms with Gasteiger partial charge >= 0.3 is 5.97 Å². The van der Waals surface area contributed by atoms with Gasteiger partial charge in [0, 0.05) is 18.8 Å². The van der Waals surface area contributed by atoms with Gasteiger partial charge in [-0.15, -0.1) is 0 Å². The molecule has 0 radical (unpaired) electrons. The third-order valence-electron chi connectivity index (χ3n) is 4.97. The molecule has 30 heavy (non-hydrogen) atoms. The first-order chi connectivity index (χ1) is 14.3. The van der Waals surface area contributed by atoms with Crippen molar-refractivity contribution in [1.29, 1.82) is 0 Å². The highest BCUT2D eigenvalue weighted by Crippen LogP contribution is 2.20. The zero-order valence-electron chi connectivity index (χ0n) is 16.6. The number of esters is 1. The van der Waals surface area contributed by atoms with Crippen molar-refractivity contribution >= 4 is 29.4 Å². The number of nitrogens with two attached hydrogens (primary N) is 1. The summed E-state index contributed by atoms with van der Waals surface area (Å²) < 4.78 is 10.2. The first-order valence-electron chi connectivity index (χ1n) is 9.55. The molecule has 1 fully saturated rings. The Labute approximate surface area is 173 Å². The number of primary amides is 1. The van der Waals surface area contributed by atoms with Gasteiger partial charge in [0.25, 0.3) is 11.8 Å². The zero-order chi connectivity index (χ0) is 21.7. The van der Waals surface area contributed by atoms with Crippen LogP contribution < -0.4 is 11.1 Å². The number of benzene rings is 1. The maximum atomic E-state index is 12.4. The molecule has 9 nitrogen and oxygen atoms in total. The van der Waals surface area contributed by atoms with Gasteiger partial charge in [-0.1, -0.05) is 6.07 Å². The second kappa shape index (κ2) is 9.25. The lowest BCUT2D eigenvalue weighted by Crippen LogP contribution is -2.45. The summed E-state index contributed by atoms with van der Waals surface area (Å²) >= 11 is 0. The predicted molar refractivity (Wildman–Crippen MR) is 107 cm³/mol. The third kappa shape index (κ3) is 5.05. The van der Waals surface area contributed by atoms with Crippen molar-refractivity contribution in [3.63, 3.8) is 0 Å².